The van der Waals surface area contributed by atoms with Crippen LogP contribution in [0.4, 0.5) is 0 Å². The highest BCUT2D eigenvalue weighted by atomic mass is 16.5. The maximum Gasteiger partial charge on any atom is 0.167 e. The minimum atomic E-state index is -0.0155. The van der Waals surface area contributed by atoms with E-state index in [4.69, 9.17) is 9.47 Å². The molecule has 3 nitrogen and oxygen atoms in total. The van der Waals surface area contributed by atoms with Crippen LogP contribution in [0.5, 0.6) is 11.5 Å². The molecule has 0 spiro atoms. The van der Waals surface area contributed by atoms with E-state index >= 15 is 0 Å². The van der Waals surface area contributed by atoms with E-state index in [1.807, 2.05) is 12.1 Å². The van der Waals surface area contributed by atoms with Gasteiger partial charge >= 0.3 is 0 Å². The Bertz CT molecular complexity index is 420. The van der Waals surface area contributed by atoms with Crippen LogP contribution in [0.1, 0.15) is 49.4 Å². The van der Waals surface area contributed by atoms with Gasteiger partial charge in [0.25, 0.3) is 0 Å². The molecule has 98 valence electrons. The first-order chi connectivity index (χ1) is 8.72. The van der Waals surface area contributed by atoms with E-state index in [2.05, 4.69) is 0 Å². The molecule has 1 aliphatic rings. The monoisotopic (exact) mass is 248 g/mol. The molecule has 0 aliphatic heterocycles. The summed E-state index contributed by atoms with van der Waals surface area (Å²) in [6.45, 7) is 1.55. The highest BCUT2D eigenvalue weighted by Crippen LogP contribution is 2.31. The van der Waals surface area contributed by atoms with Crippen molar-refractivity contribution in [2.24, 2.45) is 0 Å². The predicted molar refractivity (Wildman–Crippen MR) is 70.5 cm³/mol. The van der Waals surface area contributed by atoms with Crippen LogP contribution in [-0.2, 0) is 0 Å². The molecule has 0 N–H and O–H groups in total. The van der Waals surface area contributed by atoms with Gasteiger partial charge in [0.2, 0.25) is 0 Å². The topological polar surface area (TPSA) is 35.5 Å². The van der Waals surface area contributed by atoms with Gasteiger partial charge in [-0.05, 0) is 44.7 Å². The smallest absolute Gasteiger partial charge is 0.167 e. The van der Waals surface area contributed by atoms with Crippen molar-refractivity contribution in [3.05, 3.63) is 23.8 Å². The minimum Gasteiger partial charge on any atom is -0.496 e. The number of methoxy groups -OCH3 is 1. The average Bonchev–Trinajstić information content (AvgIpc) is 2.39. The minimum absolute atomic E-state index is 0.0155. The van der Waals surface area contributed by atoms with Crippen LogP contribution in [0.3, 0.4) is 0 Å². The Labute approximate surface area is 108 Å². The first-order valence-electron chi connectivity index (χ1n) is 6.57. The van der Waals surface area contributed by atoms with E-state index in [0.717, 1.165) is 12.8 Å². The Morgan fingerprint density at radius 2 is 1.83 bits per heavy atom. The van der Waals surface area contributed by atoms with Gasteiger partial charge in [0.1, 0.15) is 17.1 Å². The molecular formula is C15H20O3. The molecule has 0 bridgehead atoms. The molecular weight excluding hydrogens is 228 g/mol. The number of rotatable bonds is 4. The summed E-state index contributed by atoms with van der Waals surface area (Å²) in [6, 6.07) is 5.52. The zero-order valence-electron chi connectivity index (χ0n) is 11.1. The van der Waals surface area contributed by atoms with Gasteiger partial charge in [-0.15, -0.1) is 0 Å². The van der Waals surface area contributed by atoms with Gasteiger partial charge in [-0.2, -0.15) is 0 Å². The number of benzene rings is 1. The van der Waals surface area contributed by atoms with Gasteiger partial charge in [0.05, 0.1) is 13.2 Å². The summed E-state index contributed by atoms with van der Waals surface area (Å²) in [5.41, 5.74) is 0.561. The highest BCUT2D eigenvalue weighted by molar-refractivity contribution is 5.99. The van der Waals surface area contributed by atoms with Crippen molar-refractivity contribution in [2.75, 3.05) is 7.11 Å². The fourth-order valence-corrected chi connectivity index (χ4v) is 2.49. The normalized spacial score (nSPS) is 16.3. The van der Waals surface area contributed by atoms with Crippen molar-refractivity contribution in [3.8, 4) is 11.5 Å². The summed E-state index contributed by atoms with van der Waals surface area (Å²) in [5, 5.41) is 0. The maximum atomic E-state index is 11.7. The molecule has 0 aromatic heterocycles. The summed E-state index contributed by atoms with van der Waals surface area (Å²) >= 11 is 0. The zero-order valence-corrected chi connectivity index (χ0v) is 11.1. The zero-order chi connectivity index (χ0) is 13.0. The lowest BCUT2D eigenvalue weighted by Crippen LogP contribution is -2.20. The van der Waals surface area contributed by atoms with Crippen LogP contribution in [0.2, 0.25) is 0 Å². The Morgan fingerprint density at radius 3 is 2.44 bits per heavy atom. The van der Waals surface area contributed by atoms with Crippen molar-refractivity contribution in [1.29, 1.82) is 0 Å². The fourth-order valence-electron chi connectivity index (χ4n) is 2.49. The lowest BCUT2D eigenvalue weighted by Gasteiger charge is -2.24. The largest absolute Gasteiger partial charge is 0.496 e. The molecule has 1 aromatic rings. The third-order valence-electron chi connectivity index (χ3n) is 3.41. The SMILES string of the molecule is COc1cccc(OC2CCCCC2)c1C(C)=O. The van der Waals surface area contributed by atoms with Crippen LogP contribution in [-0.4, -0.2) is 19.0 Å². The van der Waals surface area contributed by atoms with Crippen molar-refractivity contribution in [3.63, 3.8) is 0 Å². The number of ether oxygens (including phenoxy) is 2. The van der Waals surface area contributed by atoms with Crippen LogP contribution in [0, 0.1) is 0 Å². The van der Waals surface area contributed by atoms with E-state index in [0.29, 0.717) is 17.1 Å². The molecule has 1 saturated carbocycles. The van der Waals surface area contributed by atoms with Crippen LogP contribution >= 0.6 is 0 Å². The van der Waals surface area contributed by atoms with Crippen LogP contribution < -0.4 is 9.47 Å². The summed E-state index contributed by atoms with van der Waals surface area (Å²) in [4.78, 5) is 11.7. The summed E-state index contributed by atoms with van der Waals surface area (Å²) in [7, 11) is 1.58. The molecule has 1 fully saturated rings. The van der Waals surface area contributed by atoms with Crippen molar-refractivity contribution in [1.82, 2.24) is 0 Å². The lowest BCUT2D eigenvalue weighted by atomic mass is 9.97. The summed E-state index contributed by atoms with van der Waals surface area (Å²) in [5.74, 6) is 1.24. The molecule has 0 heterocycles. The molecule has 1 aliphatic carbocycles. The van der Waals surface area contributed by atoms with E-state index < -0.39 is 0 Å². The molecule has 2 rings (SSSR count). The van der Waals surface area contributed by atoms with Crippen LogP contribution in [0.15, 0.2) is 18.2 Å². The molecule has 0 radical (unpaired) electrons. The van der Waals surface area contributed by atoms with E-state index in [1.165, 1.54) is 19.3 Å². The number of hydrogen-bond donors (Lipinski definition) is 0. The number of carbonyl (C=O) groups excluding carboxylic acids is 1. The quantitative estimate of drug-likeness (QED) is 0.763. The number of Topliss-reactive ketones (excluding diaryl/α,β-unsaturated/α-hetero) is 1. The van der Waals surface area contributed by atoms with Gasteiger partial charge in [-0.1, -0.05) is 12.5 Å². The van der Waals surface area contributed by atoms with Crippen LogP contribution in [0.25, 0.3) is 0 Å². The Balaban J connectivity index is 2.23. The maximum absolute atomic E-state index is 11.7. The second-order valence-electron chi connectivity index (χ2n) is 4.77. The lowest BCUT2D eigenvalue weighted by molar-refractivity contribution is 0.0997. The Kier molecular flexibility index (Phi) is 4.24. The molecule has 1 aromatic carbocycles. The first-order valence-corrected chi connectivity index (χ1v) is 6.57. The van der Waals surface area contributed by atoms with Crippen molar-refractivity contribution >= 4 is 5.78 Å². The molecule has 0 amide bonds. The number of ketones is 1. The van der Waals surface area contributed by atoms with Gasteiger partial charge in [0.15, 0.2) is 5.78 Å². The Hall–Kier alpha value is -1.51. The summed E-state index contributed by atoms with van der Waals surface area (Å²) in [6.07, 6.45) is 6.11. The number of hydrogen-bond acceptors (Lipinski definition) is 3. The molecule has 0 unspecified atom stereocenters. The van der Waals surface area contributed by atoms with E-state index in [1.54, 1.807) is 20.1 Å². The van der Waals surface area contributed by atoms with Crippen molar-refractivity contribution < 1.29 is 14.3 Å². The van der Waals surface area contributed by atoms with Gasteiger partial charge in [-0.25, -0.2) is 0 Å². The Morgan fingerprint density at radius 1 is 1.17 bits per heavy atom. The summed E-state index contributed by atoms with van der Waals surface area (Å²) < 4.78 is 11.2. The standard InChI is InChI=1S/C15H20O3/c1-11(16)15-13(17-2)9-6-10-14(15)18-12-7-4-3-5-8-12/h6,9-10,12H,3-5,7-8H2,1-2H3. The van der Waals surface area contributed by atoms with Crippen molar-refractivity contribution in [2.45, 2.75) is 45.1 Å². The molecule has 0 atom stereocenters. The van der Waals surface area contributed by atoms with Gasteiger partial charge in [0, 0.05) is 0 Å². The predicted octanol–water partition coefficient (Wildman–Crippen LogP) is 3.61. The molecule has 3 heteroatoms. The number of carbonyl (C=O) groups is 1. The molecule has 18 heavy (non-hydrogen) atoms. The highest BCUT2D eigenvalue weighted by Gasteiger charge is 2.20. The average molecular weight is 248 g/mol. The van der Waals surface area contributed by atoms with E-state index in [-0.39, 0.29) is 11.9 Å². The second-order valence-corrected chi connectivity index (χ2v) is 4.77. The fraction of sp³-hybridized carbons (Fsp3) is 0.533. The second kappa shape index (κ2) is 5.89. The van der Waals surface area contributed by atoms with E-state index in [9.17, 15) is 4.79 Å². The third kappa shape index (κ3) is 2.84. The molecule has 0 saturated heterocycles. The van der Waals surface area contributed by atoms with Gasteiger partial charge < -0.3 is 9.47 Å². The third-order valence-corrected chi connectivity index (χ3v) is 3.41. The van der Waals surface area contributed by atoms with Gasteiger partial charge in [-0.3, -0.25) is 4.79 Å². The first kappa shape index (κ1) is 12.9.